The molecule has 1 aromatic rings. The Kier molecular flexibility index (Phi) is 4.24. The van der Waals surface area contributed by atoms with E-state index in [9.17, 15) is 4.79 Å². The van der Waals surface area contributed by atoms with Crippen molar-refractivity contribution in [3.63, 3.8) is 0 Å². The Bertz CT molecular complexity index is 584. The summed E-state index contributed by atoms with van der Waals surface area (Å²) in [6.45, 7) is 3.90. The van der Waals surface area contributed by atoms with Gasteiger partial charge in [0, 0.05) is 11.4 Å². The number of thiocarbonyl (C=S) groups is 1. The molecule has 1 atom stereocenters. The highest BCUT2D eigenvalue weighted by atomic mass is 32.1. The van der Waals surface area contributed by atoms with Gasteiger partial charge in [-0.2, -0.15) is 0 Å². The topological polar surface area (TPSA) is 76.4 Å². The van der Waals surface area contributed by atoms with Crippen LogP contribution in [0, 0.1) is 0 Å². The van der Waals surface area contributed by atoms with E-state index in [1.807, 2.05) is 18.2 Å². The summed E-state index contributed by atoms with van der Waals surface area (Å²) in [6.07, 6.45) is 0. The van der Waals surface area contributed by atoms with Crippen molar-refractivity contribution in [3.05, 3.63) is 41.1 Å². The molecule has 0 fully saturated rings. The maximum absolute atomic E-state index is 12.1. The molecule has 4 N–H and O–H groups in total. The van der Waals surface area contributed by atoms with Crippen molar-refractivity contribution in [2.45, 2.75) is 19.9 Å². The number of hydrogen-bond acceptors (Lipinski definition) is 4. The summed E-state index contributed by atoms with van der Waals surface area (Å²) in [6, 6.07) is 7.00. The van der Waals surface area contributed by atoms with Crippen LogP contribution in [0.3, 0.4) is 0 Å². The maximum Gasteiger partial charge on any atom is 0.338 e. The van der Waals surface area contributed by atoms with Crippen molar-refractivity contribution in [1.29, 1.82) is 0 Å². The van der Waals surface area contributed by atoms with Gasteiger partial charge in [-0.1, -0.05) is 12.1 Å². The number of hydrogen-bond donors (Lipinski definition) is 3. The Hall–Kier alpha value is -2.08. The molecular formula is C14H17N3O2S. The number of anilines is 1. The molecule has 0 saturated heterocycles. The van der Waals surface area contributed by atoms with Crippen LogP contribution in [0.15, 0.2) is 35.5 Å². The summed E-state index contributed by atoms with van der Waals surface area (Å²) < 4.78 is 5.12. The van der Waals surface area contributed by atoms with E-state index in [2.05, 4.69) is 10.6 Å². The molecule has 5 nitrogen and oxygen atoms in total. The minimum atomic E-state index is -0.361. The second-order valence-electron chi connectivity index (χ2n) is 4.46. The van der Waals surface area contributed by atoms with Gasteiger partial charge in [-0.05, 0) is 43.8 Å². The molecule has 0 saturated carbocycles. The molecule has 0 bridgehead atoms. The van der Waals surface area contributed by atoms with Crippen LogP contribution < -0.4 is 16.4 Å². The lowest BCUT2D eigenvalue weighted by molar-refractivity contribution is -0.139. The molecular weight excluding hydrogens is 274 g/mol. The van der Waals surface area contributed by atoms with E-state index >= 15 is 0 Å². The van der Waals surface area contributed by atoms with E-state index < -0.39 is 0 Å². The van der Waals surface area contributed by atoms with Crippen LogP contribution in [0.1, 0.15) is 25.5 Å². The summed E-state index contributed by atoms with van der Waals surface area (Å²) in [7, 11) is 0. The Morgan fingerprint density at radius 3 is 2.90 bits per heavy atom. The van der Waals surface area contributed by atoms with Crippen LogP contribution in [0.4, 0.5) is 5.69 Å². The Morgan fingerprint density at radius 2 is 2.25 bits per heavy atom. The zero-order valence-electron chi connectivity index (χ0n) is 11.4. The predicted octanol–water partition coefficient (Wildman–Crippen LogP) is 1.62. The summed E-state index contributed by atoms with van der Waals surface area (Å²) in [5.41, 5.74) is 8.53. The summed E-state index contributed by atoms with van der Waals surface area (Å²) in [5.74, 6) is -0.361. The summed E-state index contributed by atoms with van der Waals surface area (Å²) in [5, 5.41) is 6.51. The SMILES string of the molecule is CCOC(=O)C1=C(C)NC(=S)NC1c1cccc(N)c1. The fourth-order valence-electron chi connectivity index (χ4n) is 2.16. The number of nitrogens with two attached hydrogens (primary N) is 1. The molecule has 1 aliphatic rings. The van der Waals surface area contributed by atoms with Gasteiger partial charge in [-0.15, -0.1) is 0 Å². The zero-order chi connectivity index (χ0) is 14.7. The first-order valence-electron chi connectivity index (χ1n) is 6.33. The number of nitrogens with one attached hydrogen (secondary N) is 2. The number of allylic oxidation sites excluding steroid dienone is 1. The number of carbonyl (C=O) groups is 1. The van der Waals surface area contributed by atoms with E-state index in [-0.39, 0.29) is 12.0 Å². The van der Waals surface area contributed by atoms with E-state index in [0.29, 0.717) is 28.7 Å². The molecule has 0 aliphatic carbocycles. The van der Waals surface area contributed by atoms with Gasteiger partial charge in [0.15, 0.2) is 5.11 Å². The fourth-order valence-corrected chi connectivity index (χ4v) is 2.43. The van der Waals surface area contributed by atoms with Crippen LogP contribution in [0.25, 0.3) is 0 Å². The third-order valence-corrected chi connectivity index (χ3v) is 3.23. The van der Waals surface area contributed by atoms with Crippen LogP contribution >= 0.6 is 12.2 Å². The van der Waals surface area contributed by atoms with E-state index in [1.54, 1.807) is 19.9 Å². The highest BCUT2D eigenvalue weighted by molar-refractivity contribution is 7.80. The molecule has 0 spiro atoms. The molecule has 0 radical (unpaired) electrons. The largest absolute Gasteiger partial charge is 0.463 e. The predicted molar refractivity (Wildman–Crippen MR) is 81.8 cm³/mol. The molecule has 0 aromatic heterocycles. The molecule has 1 aliphatic heterocycles. The van der Waals surface area contributed by atoms with Gasteiger partial charge in [0.1, 0.15) is 0 Å². The monoisotopic (exact) mass is 291 g/mol. The first-order chi connectivity index (χ1) is 9.52. The molecule has 106 valence electrons. The smallest absolute Gasteiger partial charge is 0.338 e. The second kappa shape index (κ2) is 5.92. The first-order valence-corrected chi connectivity index (χ1v) is 6.74. The van der Waals surface area contributed by atoms with Gasteiger partial charge in [0.05, 0.1) is 18.2 Å². The van der Waals surface area contributed by atoms with Crippen molar-refractivity contribution in [2.24, 2.45) is 0 Å². The van der Waals surface area contributed by atoms with Crippen LogP contribution in [0.5, 0.6) is 0 Å². The third kappa shape index (κ3) is 2.91. The number of ether oxygens (including phenoxy) is 1. The normalized spacial score (nSPS) is 18.3. The highest BCUT2D eigenvalue weighted by Crippen LogP contribution is 2.28. The van der Waals surface area contributed by atoms with Gasteiger partial charge >= 0.3 is 5.97 Å². The Morgan fingerprint density at radius 1 is 1.50 bits per heavy atom. The molecule has 6 heteroatoms. The number of carbonyl (C=O) groups excluding carboxylic acids is 1. The van der Waals surface area contributed by atoms with Crippen molar-refractivity contribution < 1.29 is 9.53 Å². The van der Waals surface area contributed by atoms with Gasteiger partial charge in [0.25, 0.3) is 0 Å². The molecule has 20 heavy (non-hydrogen) atoms. The first kappa shape index (κ1) is 14.3. The van der Waals surface area contributed by atoms with Gasteiger partial charge in [-0.25, -0.2) is 4.79 Å². The standard InChI is InChI=1S/C14H17N3O2S/c1-3-19-13(18)11-8(2)16-14(20)17-12(11)9-5-4-6-10(15)7-9/h4-7,12H,3,15H2,1-2H3,(H2,16,17,20). The molecule has 1 unspecified atom stereocenters. The van der Waals surface area contributed by atoms with E-state index in [0.717, 1.165) is 5.56 Å². The van der Waals surface area contributed by atoms with Crippen molar-refractivity contribution in [1.82, 2.24) is 10.6 Å². The van der Waals surface area contributed by atoms with Crippen LogP contribution in [-0.2, 0) is 9.53 Å². The lowest BCUT2D eigenvalue weighted by Gasteiger charge is -2.29. The number of esters is 1. The minimum absolute atomic E-state index is 0.323. The number of benzene rings is 1. The maximum atomic E-state index is 12.1. The second-order valence-corrected chi connectivity index (χ2v) is 4.87. The van der Waals surface area contributed by atoms with Crippen molar-refractivity contribution in [3.8, 4) is 0 Å². The average molecular weight is 291 g/mol. The average Bonchev–Trinajstić information content (AvgIpc) is 2.37. The quantitative estimate of drug-likeness (QED) is 0.446. The molecule has 1 heterocycles. The minimum Gasteiger partial charge on any atom is -0.463 e. The lowest BCUT2D eigenvalue weighted by atomic mass is 9.95. The van der Waals surface area contributed by atoms with Crippen LogP contribution in [0.2, 0.25) is 0 Å². The molecule has 2 rings (SSSR count). The molecule has 1 aromatic carbocycles. The van der Waals surface area contributed by atoms with E-state index in [4.69, 9.17) is 22.7 Å². The summed E-state index contributed by atoms with van der Waals surface area (Å²) in [4.78, 5) is 12.1. The van der Waals surface area contributed by atoms with Crippen LogP contribution in [-0.4, -0.2) is 17.7 Å². The lowest BCUT2D eigenvalue weighted by Crippen LogP contribution is -2.45. The number of rotatable bonds is 3. The highest BCUT2D eigenvalue weighted by Gasteiger charge is 2.30. The number of nitrogen functional groups attached to an aromatic ring is 1. The van der Waals surface area contributed by atoms with Crippen molar-refractivity contribution in [2.75, 3.05) is 12.3 Å². The molecule has 0 amide bonds. The van der Waals surface area contributed by atoms with E-state index in [1.165, 1.54) is 0 Å². The summed E-state index contributed by atoms with van der Waals surface area (Å²) >= 11 is 5.16. The third-order valence-electron chi connectivity index (χ3n) is 3.01. The van der Waals surface area contributed by atoms with Crippen molar-refractivity contribution >= 4 is 29.0 Å². The zero-order valence-corrected chi connectivity index (χ0v) is 12.2. The Balaban J connectivity index is 2.44. The fraction of sp³-hybridized carbons (Fsp3) is 0.286. The Labute approximate surface area is 123 Å². The van der Waals surface area contributed by atoms with Gasteiger partial charge in [-0.3, -0.25) is 0 Å². The van der Waals surface area contributed by atoms with Gasteiger partial charge < -0.3 is 21.1 Å². The van der Waals surface area contributed by atoms with Gasteiger partial charge in [0.2, 0.25) is 0 Å².